The maximum atomic E-state index is 11.5. The number of carbonyl (C=O) groups excluding carboxylic acids is 2. The van der Waals surface area contributed by atoms with E-state index in [9.17, 15) is 9.59 Å². The summed E-state index contributed by atoms with van der Waals surface area (Å²) >= 11 is 5.76. The van der Waals surface area contributed by atoms with Gasteiger partial charge in [0.05, 0.1) is 12.5 Å². The van der Waals surface area contributed by atoms with Crippen molar-refractivity contribution in [1.29, 1.82) is 0 Å². The first-order valence-corrected chi connectivity index (χ1v) is 6.81. The molecule has 0 unspecified atom stereocenters. The zero-order valence-electron chi connectivity index (χ0n) is 11.6. The summed E-state index contributed by atoms with van der Waals surface area (Å²) in [5, 5.41) is 5.93. The Bertz CT molecular complexity index is 446. The second-order valence-electron chi connectivity index (χ2n) is 4.52. The summed E-state index contributed by atoms with van der Waals surface area (Å²) in [5.74, 6) is -0.321. The molecule has 1 rings (SSSR count). The van der Waals surface area contributed by atoms with Crippen LogP contribution in [0, 0.1) is 0 Å². The number of carbonyl (C=O) groups is 2. The van der Waals surface area contributed by atoms with E-state index >= 15 is 0 Å². The van der Waals surface area contributed by atoms with Crippen LogP contribution in [0.4, 0.5) is 4.79 Å². The molecule has 0 radical (unpaired) electrons. The Morgan fingerprint density at radius 2 is 1.85 bits per heavy atom. The lowest BCUT2D eigenvalue weighted by Crippen LogP contribution is -2.36. The Hall–Kier alpha value is -1.75. The van der Waals surface area contributed by atoms with E-state index in [4.69, 9.17) is 16.3 Å². The van der Waals surface area contributed by atoms with Crippen LogP contribution in [-0.2, 0) is 16.1 Å². The van der Waals surface area contributed by atoms with Crippen molar-refractivity contribution in [2.45, 2.75) is 32.9 Å². The van der Waals surface area contributed by atoms with Crippen LogP contribution < -0.4 is 10.6 Å². The van der Waals surface area contributed by atoms with Crippen molar-refractivity contribution in [3.63, 3.8) is 0 Å². The van der Waals surface area contributed by atoms with Crippen molar-refractivity contribution < 1.29 is 14.3 Å². The van der Waals surface area contributed by atoms with Gasteiger partial charge in [-0.05, 0) is 31.5 Å². The smallest absolute Gasteiger partial charge is 0.315 e. The Balaban J connectivity index is 2.17. The van der Waals surface area contributed by atoms with Gasteiger partial charge in [-0.15, -0.1) is 0 Å². The quantitative estimate of drug-likeness (QED) is 0.793. The standard InChI is InChI=1S/C14H19ClN2O3/c1-10(2)20-13(18)7-8-16-14(19)17-9-11-3-5-12(15)6-4-11/h3-6,10H,7-9H2,1-2H3,(H2,16,17,19). The number of ether oxygens (including phenoxy) is 1. The van der Waals surface area contributed by atoms with Crippen LogP contribution in [0.2, 0.25) is 5.02 Å². The number of hydrogen-bond acceptors (Lipinski definition) is 3. The number of rotatable bonds is 6. The summed E-state index contributed by atoms with van der Waals surface area (Å²) in [6, 6.07) is 6.87. The third-order valence-corrected chi connectivity index (χ3v) is 2.60. The Labute approximate surface area is 123 Å². The molecule has 0 spiro atoms. The summed E-state index contributed by atoms with van der Waals surface area (Å²) in [6.07, 6.45) is 0.0215. The maximum Gasteiger partial charge on any atom is 0.315 e. The van der Waals surface area contributed by atoms with Gasteiger partial charge in [0.15, 0.2) is 0 Å². The predicted octanol–water partition coefficient (Wildman–Crippen LogP) is 2.48. The number of hydrogen-bond donors (Lipinski definition) is 2. The molecule has 0 aliphatic rings. The highest BCUT2D eigenvalue weighted by Gasteiger charge is 2.06. The van der Waals surface area contributed by atoms with Crippen LogP contribution in [0.1, 0.15) is 25.8 Å². The molecule has 1 aromatic carbocycles. The number of urea groups is 1. The van der Waals surface area contributed by atoms with Gasteiger partial charge >= 0.3 is 12.0 Å². The van der Waals surface area contributed by atoms with Gasteiger partial charge in [0, 0.05) is 18.1 Å². The largest absolute Gasteiger partial charge is 0.463 e. The molecule has 2 amide bonds. The van der Waals surface area contributed by atoms with E-state index in [0.29, 0.717) is 11.6 Å². The predicted molar refractivity (Wildman–Crippen MR) is 77.5 cm³/mol. The van der Waals surface area contributed by atoms with Crippen LogP contribution in [0.5, 0.6) is 0 Å². The van der Waals surface area contributed by atoms with Crippen molar-refractivity contribution in [3.8, 4) is 0 Å². The minimum atomic E-state index is -0.322. The first kappa shape index (κ1) is 16.3. The molecule has 0 heterocycles. The molecule has 0 fully saturated rings. The fourth-order valence-corrected chi connectivity index (χ4v) is 1.57. The van der Waals surface area contributed by atoms with Gasteiger partial charge in [-0.25, -0.2) is 4.79 Å². The number of amides is 2. The number of halogens is 1. The fourth-order valence-electron chi connectivity index (χ4n) is 1.45. The average molecular weight is 299 g/mol. The van der Waals surface area contributed by atoms with E-state index in [1.807, 2.05) is 12.1 Å². The van der Waals surface area contributed by atoms with Gasteiger partial charge in [-0.2, -0.15) is 0 Å². The van der Waals surface area contributed by atoms with E-state index in [1.54, 1.807) is 26.0 Å². The minimum absolute atomic E-state index is 0.138. The van der Waals surface area contributed by atoms with Crippen molar-refractivity contribution in [1.82, 2.24) is 10.6 Å². The molecule has 0 saturated heterocycles. The average Bonchev–Trinajstić information content (AvgIpc) is 2.37. The van der Waals surface area contributed by atoms with Crippen molar-refractivity contribution in [2.24, 2.45) is 0 Å². The molecule has 0 atom stereocenters. The second-order valence-corrected chi connectivity index (χ2v) is 4.96. The highest BCUT2D eigenvalue weighted by molar-refractivity contribution is 6.30. The van der Waals surface area contributed by atoms with Gasteiger partial charge in [-0.3, -0.25) is 4.79 Å². The van der Waals surface area contributed by atoms with Gasteiger partial charge < -0.3 is 15.4 Å². The summed E-state index contributed by atoms with van der Waals surface area (Å²) in [6.45, 7) is 4.21. The Morgan fingerprint density at radius 1 is 1.20 bits per heavy atom. The van der Waals surface area contributed by atoms with Crippen LogP contribution in [0.25, 0.3) is 0 Å². The van der Waals surface area contributed by atoms with Crippen molar-refractivity contribution in [3.05, 3.63) is 34.9 Å². The molecule has 0 aliphatic heterocycles. The third-order valence-electron chi connectivity index (χ3n) is 2.35. The zero-order chi connectivity index (χ0) is 15.0. The molecular formula is C14H19ClN2O3. The first-order valence-electron chi connectivity index (χ1n) is 6.43. The maximum absolute atomic E-state index is 11.5. The molecule has 20 heavy (non-hydrogen) atoms. The molecule has 110 valence electrons. The van der Waals surface area contributed by atoms with E-state index in [0.717, 1.165) is 5.56 Å². The molecule has 5 nitrogen and oxygen atoms in total. The molecule has 0 aliphatic carbocycles. The number of esters is 1. The lowest BCUT2D eigenvalue weighted by Gasteiger charge is -2.09. The van der Waals surface area contributed by atoms with Crippen molar-refractivity contribution in [2.75, 3.05) is 6.54 Å². The molecule has 6 heteroatoms. The van der Waals surface area contributed by atoms with E-state index < -0.39 is 0 Å². The lowest BCUT2D eigenvalue weighted by atomic mass is 10.2. The third kappa shape index (κ3) is 6.99. The summed E-state index contributed by atoms with van der Waals surface area (Å²) in [4.78, 5) is 22.7. The van der Waals surface area contributed by atoms with Gasteiger partial charge in [-0.1, -0.05) is 23.7 Å². The first-order chi connectivity index (χ1) is 9.47. The molecule has 0 bridgehead atoms. The molecule has 1 aromatic rings. The normalized spacial score (nSPS) is 10.2. The Morgan fingerprint density at radius 3 is 2.45 bits per heavy atom. The minimum Gasteiger partial charge on any atom is -0.463 e. The van der Waals surface area contributed by atoms with Gasteiger partial charge in [0.1, 0.15) is 0 Å². The number of benzene rings is 1. The monoisotopic (exact) mass is 298 g/mol. The topological polar surface area (TPSA) is 67.4 Å². The van der Waals surface area contributed by atoms with Crippen molar-refractivity contribution >= 4 is 23.6 Å². The molecule has 0 saturated carbocycles. The van der Waals surface area contributed by atoms with Crippen LogP contribution in [0.3, 0.4) is 0 Å². The molecular weight excluding hydrogens is 280 g/mol. The van der Waals surface area contributed by atoms with Crippen LogP contribution in [0.15, 0.2) is 24.3 Å². The van der Waals surface area contributed by atoms with Crippen LogP contribution >= 0.6 is 11.6 Å². The fraction of sp³-hybridized carbons (Fsp3) is 0.429. The van der Waals surface area contributed by atoms with Crippen LogP contribution in [-0.4, -0.2) is 24.6 Å². The molecule has 0 aromatic heterocycles. The number of nitrogens with one attached hydrogen (secondary N) is 2. The lowest BCUT2D eigenvalue weighted by molar-refractivity contribution is -0.147. The summed E-state index contributed by atoms with van der Waals surface area (Å²) in [7, 11) is 0. The highest BCUT2D eigenvalue weighted by Crippen LogP contribution is 2.08. The second kappa shape index (κ2) is 8.43. The van der Waals surface area contributed by atoms with E-state index in [2.05, 4.69) is 10.6 Å². The van der Waals surface area contributed by atoms with Gasteiger partial charge in [0.2, 0.25) is 0 Å². The summed E-state index contributed by atoms with van der Waals surface area (Å²) in [5.41, 5.74) is 0.948. The van der Waals surface area contributed by atoms with Gasteiger partial charge in [0.25, 0.3) is 0 Å². The zero-order valence-corrected chi connectivity index (χ0v) is 12.4. The van der Waals surface area contributed by atoms with E-state index in [1.165, 1.54) is 0 Å². The highest BCUT2D eigenvalue weighted by atomic mass is 35.5. The molecule has 2 N–H and O–H groups in total. The Kier molecular flexibility index (Phi) is 6.87. The SMILES string of the molecule is CC(C)OC(=O)CCNC(=O)NCc1ccc(Cl)cc1. The van der Waals surface area contributed by atoms with E-state index in [-0.39, 0.29) is 31.1 Å². The summed E-state index contributed by atoms with van der Waals surface area (Å²) < 4.78 is 4.95.